The summed E-state index contributed by atoms with van der Waals surface area (Å²) in [5.74, 6) is 0.486. The van der Waals surface area contributed by atoms with Gasteiger partial charge in [0.25, 0.3) is 5.91 Å². The van der Waals surface area contributed by atoms with E-state index in [1.54, 1.807) is 37.4 Å². The molecule has 0 fully saturated rings. The maximum Gasteiger partial charge on any atom is 0.255 e. The number of benzene rings is 2. The molecule has 0 aliphatic carbocycles. The van der Waals surface area contributed by atoms with Gasteiger partial charge in [0.15, 0.2) is 0 Å². The molecule has 0 aliphatic heterocycles. The van der Waals surface area contributed by atoms with Crippen molar-refractivity contribution in [2.45, 2.75) is 6.92 Å². The van der Waals surface area contributed by atoms with Gasteiger partial charge in [0.1, 0.15) is 5.75 Å². The first-order valence-corrected chi connectivity index (χ1v) is 6.39. The molecule has 0 spiro atoms. The fraction of sp³-hybridized carbons (Fsp3) is 0.133. The fourth-order valence-electron chi connectivity index (χ4n) is 1.84. The summed E-state index contributed by atoms with van der Waals surface area (Å²) in [5.41, 5.74) is 8.18. The van der Waals surface area contributed by atoms with Gasteiger partial charge in [-0.15, -0.1) is 0 Å². The highest BCUT2D eigenvalue weighted by atomic mass is 35.5. The zero-order valence-electron chi connectivity index (χ0n) is 11.2. The predicted octanol–water partition coefficient (Wildman–Crippen LogP) is 3.49. The third kappa shape index (κ3) is 3.22. The second-order valence-electron chi connectivity index (χ2n) is 4.41. The average molecular weight is 291 g/mol. The van der Waals surface area contributed by atoms with Crippen LogP contribution in [-0.2, 0) is 0 Å². The third-order valence-electron chi connectivity index (χ3n) is 2.86. The number of nitrogens with one attached hydrogen (secondary N) is 1. The number of amides is 1. The summed E-state index contributed by atoms with van der Waals surface area (Å²) in [6.45, 7) is 1.89. The first-order chi connectivity index (χ1) is 9.49. The summed E-state index contributed by atoms with van der Waals surface area (Å²) in [6.07, 6.45) is 0. The van der Waals surface area contributed by atoms with Crippen LogP contribution in [0.15, 0.2) is 36.4 Å². The summed E-state index contributed by atoms with van der Waals surface area (Å²) >= 11 is 5.89. The lowest BCUT2D eigenvalue weighted by Crippen LogP contribution is -2.13. The van der Waals surface area contributed by atoms with Gasteiger partial charge in [-0.25, -0.2) is 0 Å². The Balaban J connectivity index is 2.23. The summed E-state index contributed by atoms with van der Waals surface area (Å²) in [6, 6.07) is 10.2. The minimum Gasteiger partial charge on any atom is -0.497 e. The van der Waals surface area contributed by atoms with Gasteiger partial charge >= 0.3 is 0 Å². The SMILES string of the molecule is COc1ccc(NC(=O)c2cc(N)cc(Cl)c2)c(C)c1. The molecule has 4 nitrogen and oxygen atoms in total. The highest BCUT2D eigenvalue weighted by Gasteiger charge is 2.10. The first-order valence-electron chi connectivity index (χ1n) is 6.01. The van der Waals surface area contributed by atoms with Crippen LogP contribution >= 0.6 is 11.6 Å². The number of hydrogen-bond donors (Lipinski definition) is 2. The summed E-state index contributed by atoms with van der Waals surface area (Å²) in [7, 11) is 1.60. The second-order valence-corrected chi connectivity index (χ2v) is 4.84. The molecule has 0 saturated heterocycles. The lowest BCUT2D eigenvalue weighted by Gasteiger charge is -2.10. The van der Waals surface area contributed by atoms with Gasteiger partial charge < -0.3 is 15.8 Å². The van der Waals surface area contributed by atoms with Crippen LogP contribution in [0.1, 0.15) is 15.9 Å². The molecule has 0 saturated carbocycles. The Morgan fingerprint density at radius 2 is 2.00 bits per heavy atom. The predicted molar refractivity (Wildman–Crippen MR) is 81.5 cm³/mol. The largest absolute Gasteiger partial charge is 0.497 e. The van der Waals surface area contributed by atoms with Gasteiger partial charge in [0, 0.05) is 22.0 Å². The minimum absolute atomic E-state index is 0.257. The Hall–Kier alpha value is -2.20. The normalized spacial score (nSPS) is 10.2. The van der Waals surface area contributed by atoms with Gasteiger partial charge in [-0.1, -0.05) is 11.6 Å². The van der Waals surface area contributed by atoms with Gasteiger partial charge in [0.05, 0.1) is 7.11 Å². The molecular formula is C15H15ClN2O2. The number of anilines is 2. The van der Waals surface area contributed by atoms with Crippen molar-refractivity contribution in [3.8, 4) is 5.75 Å². The highest BCUT2D eigenvalue weighted by molar-refractivity contribution is 6.31. The molecule has 0 aromatic heterocycles. The Labute approximate surface area is 122 Å². The van der Waals surface area contributed by atoms with Crippen LogP contribution in [0.3, 0.4) is 0 Å². The molecule has 5 heteroatoms. The van der Waals surface area contributed by atoms with Crippen molar-refractivity contribution in [1.29, 1.82) is 0 Å². The first kappa shape index (κ1) is 14.2. The second kappa shape index (κ2) is 5.84. The van der Waals surface area contributed by atoms with Crippen molar-refractivity contribution in [2.75, 3.05) is 18.2 Å². The number of halogens is 1. The van der Waals surface area contributed by atoms with Crippen LogP contribution in [0.5, 0.6) is 5.75 Å². The Morgan fingerprint density at radius 3 is 2.60 bits per heavy atom. The van der Waals surface area contributed by atoms with E-state index in [9.17, 15) is 4.79 Å². The molecule has 1 amide bonds. The average Bonchev–Trinajstić information content (AvgIpc) is 2.39. The molecule has 0 heterocycles. The zero-order valence-corrected chi connectivity index (χ0v) is 12.0. The molecule has 3 N–H and O–H groups in total. The van der Waals surface area contributed by atoms with Crippen LogP contribution in [-0.4, -0.2) is 13.0 Å². The van der Waals surface area contributed by atoms with Crippen molar-refractivity contribution < 1.29 is 9.53 Å². The van der Waals surface area contributed by atoms with Crippen LogP contribution in [0.2, 0.25) is 5.02 Å². The number of ether oxygens (including phenoxy) is 1. The molecule has 0 radical (unpaired) electrons. The zero-order chi connectivity index (χ0) is 14.7. The number of hydrogen-bond acceptors (Lipinski definition) is 3. The van der Waals surface area contributed by atoms with Crippen molar-refractivity contribution in [1.82, 2.24) is 0 Å². The molecule has 2 rings (SSSR count). The number of methoxy groups -OCH3 is 1. The molecule has 104 valence electrons. The Morgan fingerprint density at radius 1 is 1.25 bits per heavy atom. The molecule has 0 unspecified atom stereocenters. The van der Waals surface area contributed by atoms with Crippen molar-refractivity contribution in [3.05, 3.63) is 52.5 Å². The van der Waals surface area contributed by atoms with Gasteiger partial charge in [0.2, 0.25) is 0 Å². The van der Waals surface area contributed by atoms with Crippen LogP contribution < -0.4 is 15.8 Å². The van der Waals surface area contributed by atoms with Crippen LogP contribution in [0.25, 0.3) is 0 Å². The number of aryl methyl sites for hydroxylation is 1. The lowest BCUT2D eigenvalue weighted by molar-refractivity contribution is 0.102. The highest BCUT2D eigenvalue weighted by Crippen LogP contribution is 2.23. The topological polar surface area (TPSA) is 64.3 Å². The number of nitrogen functional groups attached to an aromatic ring is 1. The summed E-state index contributed by atoms with van der Waals surface area (Å²) in [4.78, 5) is 12.2. The standard InChI is InChI=1S/C15H15ClN2O2/c1-9-5-13(20-2)3-4-14(9)18-15(19)10-6-11(16)8-12(17)7-10/h3-8H,17H2,1-2H3,(H,18,19). The minimum atomic E-state index is -0.257. The van der Waals surface area contributed by atoms with Gasteiger partial charge in [-0.3, -0.25) is 4.79 Å². The Kier molecular flexibility index (Phi) is 4.15. The van der Waals surface area contributed by atoms with E-state index in [1.165, 1.54) is 0 Å². The van der Waals surface area contributed by atoms with E-state index >= 15 is 0 Å². The molecule has 20 heavy (non-hydrogen) atoms. The molecule has 2 aromatic carbocycles. The third-order valence-corrected chi connectivity index (χ3v) is 3.08. The van der Waals surface area contributed by atoms with Crippen molar-refractivity contribution in [2.24, 2.45) is 0 Å². The van der Waals surface area contributed by atoms with E-state index < -0.39 is 0 Å². The molecule has 2 aromatic rings. The number of nitrogens with two attached hydrogens (primary N) is 1. The summed E-state index contributed by atoms with van der Waals surface area (Å²) in [5, 5.41) is 3.26. The van der Waals surface area contributed by atoms with E-state index in [1.807, 2.05) is 13.0 Å². The number of rotatable bonds is 3. The molecule has 0 atom stereocenters. The van der Waals surface area contributed by atoms with Crippen LogP contribution in [0, 0.1) is 6.92 Å². The molecule has 0 aliphatic rings. The van der Waals surface area contributed by atoms with Crippen molar-refractivity contribution in [3.63, 3.8) is 0 Å². The smallest absolute Gasteiger partial charge is 0.255 e. The fourth-order valence-corrected chi connectivity index (χ4v) is 2.08. The van der Waals surface area contributed by atoms with Gasteiger partial charge in [-0.2, -0.15) is 0 Å². The monoisotopic (exact) mass is 290 g/mol. The van der Waals surface area contributed by atoms with E-state index in [0.717, 1.165) is 11.3 Å². The van der Waals surface area contributed by atoms with E-state index in [-0.39, 0.29) is 5.91 Å². The maximum atomic E-state index is 12.2. The Bertz CT molecular complexity index is 636. The van der Waals surface area contributed by atoms with E-state index in [0.29, 0.717) is 22.0 Å². The quantitative estimate of drug-likeness (QED) is 0.851. The van der Waals surface area contributed by atoms with E-state index in [2.05, 4.69) is 5.32 Å². The lowest BCUT2D eigenvalue weighted by atomic mass is 10.1. The maximum absolute atomic E-state index is 12.2. The number of carbonyl (C=O) groups excluding carboxylic acids is 1. The van der Waals surface area contributed by atoms with Gasteiger partial charge in [-0.05, 0) is 48.9 Å². The van der Waals surface area contributed by atoms with Crippen molar-refractivity contribution >= 4 is 28.9 Å². The molecular weight excluding hydrogens is 276 g/mol. The molecule has 0 bridgehead atoms. The van der Waals surface area contributed by atoms with E-state index in [4.69, 9.17) is 22.1 Å². The summed E-state index contributed by atoms with van der Waals surface area (Å²) < 4.78 is 5.12. The van der Waals surface area contributed by atoms with Crippen LogP contribution in [0.4, 0.5) is 11.4 Å². The number of carbonyl (C=O) groups is 1.